The largest absolute Gasteiger partial charge is 0.378 e. The Kier molecular flexibility index (Phi) is 4.29. The van der Waals surface area contributed by atoms with Crippen molar-refractivity contribution in [3.63, 3.8) is 0 Å². The van der Waals surface area contributed by atoms with Crippen molar-refractivity contribution in [1.29, 1.82) is 0 Å². The van der Waals surface area contributed by atoms with Crippen LogP contribution in [0.3, 0.4) is 0 Å². The first kappa shape index (κ1) is 12.5. The van der Waals surface area contributed by atoms with E-state index < -0.39 is 4.92 Å². The van der Waals surface area contributed by atoms with Gasteiger partial charge in [0.2, 0.25) is 11.8 Å². The number of aromatic nitrogens is 2. The number of thiol groups is 1. The summed E-state index contributed by atoms with van der Waals surface area (Å²) in [4.78, 5) is 17.6. The summed E-state index contributed by atoms with van der Waals surface area (Å²) in [5.41, 5.74) is 10.9. The molecule has 0 amide bonds. The molecule has 0 fully saturated rings. The maximum atomic E-state index is 10.8. The van der Waals surface area contributed by atoms with Crippen molar-refractivity contribution in [3.05, 3.63) is 15.8 Å². The van der Waals surface area contributed by atoms with Gasteiger partial charge in [-0.05, 0) is 25.0 Å². The van der Waals surface area contributed by atoms with Gasteiger partial charge in [-0.25, -0.2) is 4.98 Å². The van der Waals surface area contributed by atoms with Gasteiger partial charge in [-0.1, -0.05) is 0 Å². The summed E-state index contributed by atoms with van der Waals surface area (Å²) < 4.78 is 0. The maximum absolute atomic E-state index is 10.8. The van der Waals surface area contributed by atoms with Crippen molar-refractivity contribution in [2.75, 3.05) is 17.2 Å². The Bertz CT molecular complexity index is 398. The van der Waals surface area contributed by atoms with Crippen molar-refractivity contribution in [2.24, 2.45) is 0 Å². The average Bonchev–Trinajstić information content (AvgIpc) is 2.16. The minimum atomic E-state index is -0.579. The second-order valence-electron chi connectivity index (χ2n) is 3.20. The molecule has 0 aliphatic carbocycles. The Morgan fingerprint density at radius 2 is 2.00 bits per heavy atom. The lowest BCUT2D eigenvalue weighted by molar-refractivity contribution is -0.385. The lowest BCUT2D eigenvalue weighted by Crippen LogP contribution is -2.08. The van der Waals surface area contributed by atoms with Crippen LogP contribution in [-0.4, -0.2) is 20.6 Å². The van der Waals surface area contributed by atoms with E-state index in [1.54, 1.807) is 0 Å². The van der Waals surface area contributed by atoms with Gasteiger partial charge in [-0.3, -0.25) is 10.1 Å². The van der Waals surface area contributed by atoms with Gasteiger partial charge in [0.25, 0.3) is 0 Å². The van der Waals surface area contributed by atoms with E-state index in [2.05, 4.69) is 22.6 Å². The molecule has 1 rings (SSSR count). The highest BCUT2D eigenvalue weighted by Crippen LogP contribution is 2.25. The molecule has 0 saturated carbocycles. The van der Waals surface area contributed by atoms with E-state index in [4.69, 9.17) is 11.5 Å². The van der Waals surface area contributed by atoms with Gasteiger partial charge in [-0.2, -0.15) is 17.6 Å². The Morgan fingerprint density at radius 1 is 1.31 bits per heavy atom. The Hall–Kier alpha value is -1.57. The number of aryl methyl sites for hydroxylation is 1. The van der Waals surface area contributed by atoms with Crippen LogP contribution in [0.25, 0.3) is 0 Å². The molecular weight excluding hydrogens is 230 g/mol. The van der Waals surface area contributed by atoms with Crippen LogP contribution in [0.15, 0.2) is 0 Å². The lowest BCUT2D eigenvalue weighted by Gasteiger charge is -2.04. The van der Waals surface area contributed by atoms with E-state index in [1.165, 1.54) is 0 Å². The second kappa shape index (κ2) is 5.50. The fraction of sp³-hybridized carbons (Fsp3) is 0.500. The van der Waals surface area contributed by atoms with Crippen LogP contribution in [-0.2, 0) is 6.42 Å². The number of nitrogens with zero attached hydrogens (tertiary/aromatic N) is 3. The number of nitrogens with two attached hydrogens (primary N) is 2. The van der Waals surface area contributed by atoms with Gasteiger partial charge >= 0.3 is 5.69 Å². The quantitative estimate of drug-likeness (QED) is 0.304. The number of hydrogen-bond acceptors (Lipinski definition) is 7. The third-order valence-electron chi connectivity index (χ3n) is 2.00. The lowest BCUT2D eigenvalue weighted by atomic mass is 10.1. The first-order valence-electron chi connectivity index (χ1n) is 4.73. The number of anilines is 2. The van der Waals surface area contributed by atoms with Crippen molar-refractivity contribution in [2.45, 2.75) is 19.3 Å². The smallest absolute Gasteiger partial charge is 0.332 e. The minimum Gasteiger partial charge on any atom is -0.378 e. The van der Waals surface area contributed by atoms with E-state index in [-0.39, 0.29) is 23.1 Å². The fourth-order valence-corrected chi connectivity index (χ4v) is 1.54. The number of nitrogen functional groups attached to an aromatic ring is 2. The molecule has 0 aromatic carbocycles. The summed E-state index contributed by atoms with van der Waals surface area (Å²) in [5.74, 6) is 0.506. The van der Waals surface area contributed by atoms with E-state index in [9.17, 15) is 10.1 Å². The zero-order chi connectivity index (χ0) is 12.1. The highest BCUT2D eigenvalue weighted by molar-refractivity contribution is 7.80. The normalized spacial score (nSPS) is 10.3. The van der Waals surface area contributed by atoms with Gasteiger partial charge < -0.3 is 11.5 Å². The first-order valence-corrected chi connectivity index (χ1v) is 5.36. The molecule has 0 aliphatic heterocycles. The van der Waals surface area contributed by atoms with E-state index >= 15 is 0 Å². The summed E-state index contributed by atoms with van der Waals surface area (Å²) in [6.07, 6.45) is 2.05. The molecule has 1 heterocycles. The van der Waals surface area contributed by atoms with Crippen molar-refractivity contribution in [1.82, 2.24) is 9.97 Å². The van der Waals surface area contributed by atoms with E-state index in [1.807, 2.05) is 0 Å². The van der Waals surface area contributed by atoms with Crippen LogP contribution in [0.1, 0.15) is 18.5 Å². The third-order valence-corrected chi connectivity index (χ3v) is 2.32. The summed E-state index contributed by atoms with van der Waals surface area (Å²) in [6, 6.07) is 0. The predicted octanol–water partition coefficient (Wildman–Crippen LogP) is 0.802. The molecule has 16 heavy (non-hydrogen) atoms. The second-order valence-corrected chi connectivity index (χ2v) is 3.65. The van der Waals surface area contributed by atoms with Gasteiger partial charge in [0.15, 0.2) is 0 Å². The van der Waals surface area contributed by atoms with Gasteiger partial charge in [0.05, 0.1) is 4.92 Å². The average molecular weight is 243 g/mol. The molecule has 4 N–H and O–H groups in total. The van der Waals surface area contributed by atoms with Gasteiger partial charge in [0.1, 0.15) is 5.69 Å². The van der Waals surface area contributed by atoms with Crippen LogP contribution in [0, 0.1) is 10.1 Å². The molecule has 0 radical (unpaired) electrons. The molecule has 0 unspecified atom stereocenters. The predicted molar refractivity (Wildman–Crippen MR) is 64.3 cm³/mol. The molecular formula is C8H13N5O2S. The van der Waals surface area contributed by atoms with Crippen molar-refractivity contribution < 1.29 is 4.92 Å². The molecule has 0 atom stereocenters. The van der Waals surface area contributed by atoms with Crippen LogP contribution in [0.2, 0.25) is 0 Å². The molecule has 0 aliphatic rings. The molecule has 8 heteroatoms. The molecule has 1 aromatic heterocycles. The fourth-order valence-electron chi connectivity index (χ4n) is 1.32. The Morgan fingerprint density at radius 3 is 2.56 bits per heavy atom. The van der Waals surface area contributed by atoms with Gasteiger partial charge in [0, 0.05) is 0 Å². The maximum Gasteiger partial charge on any atom is 0.332 e. The topological polar surface area (TPSA) is 121 Å². The summed E-state index contributed by atoms with van der Waals surface area (Å²) in [6.45, 7) is 0. The number of rotatable bonds is 5. The van der Waals surface area contributed by atoms with Crippen molar-refractivity contribution >= 4 is 30.1 Å². The minimum absolute atomic E-state index is 0.0380. The number of unbranched alkanes of at least 4 members (excludes halogenated alkanes) is 1. The monoisotopic (exact) mass is 243 g/mol. The third kappa shape index (κ3) is 2.96. The number of hydrogen-bond donors (Lipinski definition) is 3. The summed E-state index contributed by atoms with van der Waals surface area (Å²) in [5, 5.41) is 10.8. The standard InChI is InChI=1S/C8H13N5O2S/c9-7-6(13(14)15)5(3-1-2-4-16)11-8(10)12-7/h16H,1-4H2,(H4,9,10,11,12). The molecule has 0 spiro atoms. The van der Waals surface area contributed by atoms with Gasteiger partial charge in [-0.15, -0.1) is 0 Å². The van der Waals surface area contributed by atoms with Crippen LogP contribution < -0.4 is 11.5 Å². The summed E-state index contributed by atoms with van der Waals surface area (Å²) in [7, 11) is 0. The highest BCUT2D eigenvalue weighted by atomic mass is 32.1. The SMILES string of the molecule is Nc1nc(N)c([N+](=O)[O-])c(CCCCS)n1. The zero-order valence-corrected chi connectivity index (χ0v) is 9.48. The van der Waals surface area contributed by atoms with E-state index in [0.29, 0.717) is 6.42 Å². The molecule has 7 nitrogen and oxygen atoms in total. The van der Waals surface area contributed by atoms with Crippen LogP contribution >= 0.6 is 12.6 Å². The van der Waals surface area contributed by atoms with Crippen molar-refractivity contribution in [3.8, 4) is 0 Å². The molecule has 88 valence electrons. The van der Waals surface area contributed by atoms with Crippen LogP contribution in [0.4, 0.5) is 17.5 Å². The summed E-state index contributed by atoms with van der Waals surface area (Å²) >= 11 is 4.06. The first-order chi connectivity index (χ1) is 7.56. The number of nitro groups is 1. The van der Waals surface area contributed by atoms with Crippen LogP contribution in [0.5, 0.6) is 0 Å². The molecule has 1 aromatic rings. The zero-order valence-electron chi connectivity index (χ0n) is 8.59. The Labute approximate surface area is 97.8 Å². The highest BCUT2D eigenvalue weighted by Gasteiger charge is 2.21. The Balaban J connectivity index is 2.99. The molecule has 0 bridgehead atoms. The molecule has 0 saturated heterocycles. The van der Waals surface area contributed by atoms with E-state index in [0.717, 1.165) is 18.6 Å².